The Morgan fingerprint density at radius 3 is 2.35 bits per heavy atom. The summed E-state index contributed by atoms with van der Waals surface area (Å²) in [6, 6.07) is 13.8. The number of benzene rings is 1. The van der Waals surface area contributed by atoms with Crippen molar-refractivity contribution in [2.75, 3.05) is 0 Å². The number of esters is 1. The van der Waals surface area contributed by atoms with Gasteiger partial charge in [0.15, 0.2) is 6.10 Å². The number of hydrogen-bond acceptors (Lipinski definition) is 3. The molecule has 1 heterocycles. The number of rotatable bonds is 4. The Bertz CT molecular complexity index is 619. The van der Waals surface area contributed by atoms with Gasteiger partial charge < -0.3 is 4.74 Å². The van der Waals surface area contributed by atoms with Gasteiger partial charge in [-0.15, -0.1) is 0 Å². The highest BCUT2D eigenvalue weighted by Crippen LogP contribution is 2.56. The van der Waals surface area contributed by atoms with Gasteiger partial charge in [-0.25, -0.2) is 0 Å². The molecule has 2 aliphatic carbocycles. The summed E-state index contributed by atoms with van der Waals surface area (Å²) in [4.78, 5) is 16.9. The van der Waals surface area contributed by atoms with Crippen molar-refractivity contribution in [2.45, 2.75) is 31.8 Å². The van der Waals surface area contributed by atoms with Crippen molar-refractivity contribution in [1.82, 2.24) is 4.98 Å². The fourth-order valence-electron chi connectivity index (χ4n) is 4.02. The van der Waals surface area contributed by atoms with Crippen molar-refractivity contribution >= 4 is 5.97 Å². The van der Waals surface area contributed by atoms with Crippen LogP contribution in [-0.4, -0.2) is 11.0 Å². The zero-order valence-corrected chi connectivity index (χ0v) is 13.1. The van der Waals surface area contributed by atoms with Crippen LogP contribution in [0.25, 0.3) is 0 Å². The van der Waals surface area contributed by atoms with Crippen molar-refractivity contribution in [3.05, 3.63) is 66.0 Å². The molecule has 2 fully saturated rings. The van der Waals surface area contributed by atoms with Crippen LogP contribution >= 0.6 is 0 Å². The molecular formula is C20H21NO2. The van der Waals surface area contributed by atoms with E-state index in [-0.39, 0.29) is 18.0 Å². The largest absolute Gasteiger partial charge is 0.452 e. The minimum absolute atomic E-state index is 0.0281. The number of aromatic nitrogens is 1. The van der Waals surface area contributed by atoms with E-state index in [1.54, 1.807) is 12.4 Å². The van der Waals surface area contributed by atoms with Gasteiger partial charge in [-0.1, -0.05) is 49.2 Å². The monoisotopic (exact) mass is 307 g/mol. The second-order valence-electron chi connectivity index (χ2n) is 6.65. The summed E-state index contributed by atoms with van der Waals surface area (Å²) in [5.74, 6) is 1.24. The molecule has 3 nitrogen and oxygen atoms in total. The van der Waals surface area contributed by atoms with Gasteiger partial charge in [0.05, 0.1) is 5.92 Å². The van der Waals surface area contributed by atoms with Crippen LogP contribution in [0.2, 0.25) is 0 Å². The third-order valence-electron chi connectivity index (χ3n) is 5.25. The van der Waals surface area contributed by atoms with E-state index in [2.05, 4.69) is 4.98 Å². The van der Waals surface area contributed by atoms with E-state index >= 15 is 0 Å². The van der Waals surface area contributed by atoms with Crippen LogP contribution < -0.4 is 0 Å². The molecule has 0 saturated heterocycles. The fraction of sp³-hybridized carbons (Fsp3) is 0.400. The highest BCUT2D eigenvalue weighted by Gasteiger charge is 2.56. The molecule has 3 heteroatoms. The number of carbonyl (C=O) groups is 1. The van der Waals surface area contributed by atoms with Crippen molar-refractivity contribution in [3.8, 4) is 0 Å². The minimum Gasteiger partial charge on any atom is -0.452 e. The average Bonchev–Trinajstić information content (AvgIpc) is 3.35. The predicted molar refractivity (Wildman–Crippen MR) is 87.6 cm³/mol. The molecule has 1 aromatic heterocycles. The van der Waals surface area contributed by atoms with Gasteiger partial charge >= 0.3 is 5.97 Å². The third-order valence-corrected chi connectivity index (χ3v) is 5.25. The standard InChI is InChI=1S/C20H21NO2/c22-20(18-16-10-4-5-11-17(16)18)23-19(14-7-2-1-3-8-14)15-9-6-12-21-13-15/h1-3,6-9,12-13,16-19H,4-5,10-11H2/t16-,17-,19+/m0/s1. The van der Waals surface area contributed by atoms with E-state index in [1.807, 2.05) is 42.5 Å². The number of ether oxygens (including phenoxy) is 1. The van der Waals surface area contributed by atoms with E-state index in [1.165, 1.54) is 25.7 Å². The highest BCUT2D eigenvalue weighted by molar-refractivity contribution is 5.77. The lowest BCUT2D eigenvalue weighted by atomic mass is 10.0. The molecule has 1 aromatic carbocycles. The number of pyridine rings is 1. The van der Waals surface area contributed by atoms with Gasteiger partial charge in [-0.05, 0) is 36.3 Å². The van der Waals surface area contributed by atoms with E-state index in [0.29, 0.717) is 11.8 Å². The average molecular weight is 307 g/mol. The second kappa shape index (κ2) is 6.15. The fourth-order valence-corrected chi connectivity index (χ4v) is 4.02. The lowest BCUT2D eigenvalue weighted by molar-refractivity contribution is -0.149. The molecule has 4 rings (SSSR count). The van der Waals surface area contributed by atoms with Crippen LogP contribution in [0.15, 0.2) is 54.9 Å². The summed E-state index contributed by atoms with van der Waals surface area (Å²) in [6.07, 6.45) is 8.06. The number of carbonyl (C=O) groups excluding carboxylic acids is 1. The van der Waals surface area contributed by atoms with Crippen molar-refractivity contribution < 1.29 is 9.53 Å². The zero-order chi connectivity index (χ0) is 15.6. The van der Waals surface area contributed by atoms with E-state index < -0.39 is 0 Å². The normalized spacial score (nSPS) is 26.9. The lowest BCUT2D eigenvalue weighted by Gasteiger charge is -2.18. The molecule has 0 radical (unpaired) electrons. The Kier molecular flexibility index (Phi) is 3.86. The topological polar surface area (TPSA) is 39.2 Å². The molecule has 0 bridgehead atoms. The molecule has 0 spiro atoms. The van der Waals surface area contributed by atoms with Crippen LogP contribution in [0.3, 0.4) is 0 Å². The maximum Gasteiger partial charge on any atom is 0.310 e. The van der Waals surface area contributed by atoms with Gasteiger partial charge in [0.1, 0.15) is 0 Å². The van der Waals surface area contributed by atoms with Crippen molar-refractivity contribution in [1.29, 1.82) is 0 Å². The molecule has 3 atom stereocenters. The molecule has 118 valence electrons. The summed E-state index contributed by atoms with van der Waals surface area (Å²) in [7, 11) is 0. The second-order valence-corrected chi connectivity index (χ2v) is 6.65. The minimum atomic E-state index is -0.361. The summed E-state index contributed by atoms with van der Waals surface area (Å²) in [5.41, 5.74) is 1.92. The Hall–Kier alpha value is -2.16. The SMILES string of the molecule is O=C(O[C@H](c1ccccc1)c1cccnc1)C1[C@H]2CCCC[C@H]12. The van der Waals surface area contributed by atoms with Gasteiger partial charge in [-0.3, -0.25) is 9.78 Å². The summed E-state index contributed by atoms with van der Waals surface area (Å²) >= 11 is 0. The predicted octanol–water partition coefficient (Wildman–Crippen LogP) is 4.15. The summed E-state index contributed by atoms with van der Waals surface area (Å²) in [6.45, 7) is 0. The van der Waals surface area contributed by atoms with Gasteiger partial charge in [-0.2, -0.15) is 0 Å². The third kappa shape index (κ3) is 2.88. The Labute approximate surface area is 136 Å². The quantitative estimate of drug-likeness (QED) is 0.797. The zero-order valence-electron chi connectivity index (χ0n) is 13.1. The number of fused-ring (bicyclic) bond motifs is 1. The van der Waals surface area contributed by atoms with Crippen LogP contribution in [-0.2, 0) is 9.53 Å². The maximum absolute atomic E-state index is 12.7. The first-order valence-electron chi connectivity index (χ1n) is 8.50. The smallest absolute Gasteiger partial charge is 0.310 e. The van der Waals surface area contributed by atoms with E-state index in [4.69, 9.17) is 4.74 Å². The Morgan fingerprint density at radius 1 is 1.00 bits per heavy atom. The highest BCUT2D eigenvalue weighted by atomic mass is 16.5. The first kappa shape index (κ1) is 14.4. The van der Waals surface area contributed by atoms with Crippen LogP contribution in [0.5, 0.6) is 0 Å². The summed E-state index contributed by atoms with van der Waals surface area (Å²) < 4.78 is 5.96. The number of nitrogens with zero attached hydrogens (tertiary/aromatic N) is 1. The van der Waals surface area contributed by atoms with E-state index in [9.17, 15) is 4.79 Å². The molecule has 2 aliphatic rings. The van der Waals surface area contributed by atoms with Crippen molar-refractivity contribution in [3.63, 3.8) is 0 Å². The molecule has 0 unspecified atom stereocenters. The molecule has 0 amide bonds. The first-order chi connectivity index (χ1) is 11.3. The van der Waals surface area contributed by atoms with Crippen LogP contribution in [0, 0.1) is 17.8 Å². The molecule has 23 heavy (non-hydrogen) atoms. The van der Waals surface area contributed by atoms with Crippen molar-refractivity contribution in [2.24, 2.45) is 17.8 Å². The van der Waals surface area contributed by atoms with Crippen LogP contribution in [0.4, 0.5) is 0 Å². The molecule has 0 aliphatic heterocycles. The van der Waals surface area contributed by atoms with Gasteiger partial charge in [0.2, 0.25) is 0 Å². The number of hydrogen-bond donors (Lipinski definition) is 0. The lowest BCUT2D eigenvalue weighted by Crippen LogP contribution is -2.15. The maximum atomic E-state index is 12.7. The van der Waals surface area contributed by atoms with Gasteiger partial charge in [0, 0.05) is 18.0 Å². The Balaban J connectivity index is 1.55. The Morgan fingerprint density at radius 2 is 1.70 bits per heavy atom. The van der Waals surface area contributed by atoms with Gasteiger partial charge in [0.25, 0.3) is 0 Å². The van der Waals surface area contributed by atoms with Crippen LogP contribution in [0.1, 0.15) is 42.9 Å². The molecule has 2 saturated carbocycles. The molecule has 0 N–H and O–H groups in total. The van der Waals surface area contributed by atoms with E-state index in [0.717, 1.165) is 11.1 Å². The molecular weight excluding hydrogens is 286 g/mol. The summed E-state index contributed by atoms with van der Waals surface area (Å²) in [5, 5.41) is 0. The molecule has 2 aromatic rings. The first-order valence-corrected chi connectivity index (χ1v) is 8.50.